The predicted octanol–water partition coefficient (Wildman–Crippen LogP) is 2.41. The number of aromatic nitrogens is 2. The number of hydrogen-bond donors (Lipinski definition) is 1. The molecular formula is C11H12N2O. The molecule has 0 bridgehead atoms. The number of H-pyrrole nitrogens is 1. The standard InChI is InChI=1S/C11H12N2O/c1-7-12-10-5-4-9(6-11(10)13-7)14-8-2-3-8/h4-6,8H,2-3H2,1H3,(H,12,13). The molecule has 0 saturated heterocycles. The first-order chi connectivity index (χ1) is 6.81. The fourth-order valence-corrected chi connectivity index (χ4v) is 1.57. The maximum Gasteiger partial charge on any atom is 0.121 e. The molecule has 1 aromatic heterocycles. The second-order valence-corrected chi connectivity index (χ2v) is 3.82. The number of benzene rings is 1. The van der Waals surface area contributed by atoms with Crippen molar-refractivity contribution in [3.8, 4) is 5.75 Å². The van der Waals surface area contributed by atoms with Crippen LogP contribution in [0.2, 0.25) is 0 Å². The minimum Gasteiger partial charge on any atom is -0.490 e. The van der Waals surface area contributed by atoms with Gasteiger partial charge in [0.1, 0.15) is 11.6 Å². The van der Waals surface area contributed by atoms with Crippen LogP contribution in [0.1, 0.15) is 18.7 Å². The van der Waals surface area contributed by atoms with Crippen LogP contribution in [0.5, 0.6) is 5.75 Å². The van der Waals surface area contributed by atoms with Crippen LogP contribution < -0.4 is 4.74 Å². The Bertz CT molecular complexity index is 471. The number of nitrogens with one attached hydrogen (secondary N) is 1. The van der Waals surface area contributed by atoms with Crippen LogP contribution >= 0.6 is 0 Å². The molecule has 0 atom stereocenters. The summed E-state index contributed by atoms with van der Waals surface area (Å²) in [5.74, 6) is 1.90. The van der Waals surface area contributed by atoms with Gasteiger partial charge < -0.3 is 9.72 Å². The summed E-state index contributed by atoms with van der Waals surface area (Å²) in [7, 11) is 0. The van der Waals surface area contributed by atoms with Gasteiger partial charge in [0.25, 0.3) is 0 Å². The second-order valence-electron chi connectivity index (χ2n) is 3.82. The molecule has 0 unspecified atom stereocenters. The molecule has 3 nitrogen and oxygen atoms in total. The first-order valence-electron chi connectivity index (χ1n) is 4.94. The summed E-state index contributed by atoms with van der Waals surface area (Å²) in [5, 5.41) is 0. The number of hydrogen-bond acceptors (Lipinski definition) is 2. The predicted molar refractivity (Wildman–Crippen MR) is 54.5 cm³/mol. The van der Waals surface area contributed by atoms with Gasteiger partial charge in [0.05, 0.1) is 17.1 Å². The highest BCUT2D eigenvalue weighted by atomic mass is 16.5. The third-order valence-electron chi connectivity index (χ3n) is 2.40. The van der Waals surface area contributed by atoms with Crippen LogP contribution in [0.25, 0.3) is 11.0 Å². The Labute approximate surface area is 82.1 Å². The molecule has 1 aliphatic carbocycles. The zero-order chi connectivity index (χ0) is 9.54. The van der Waals surface area contributed by atoms with E-state index in [-0.39, 0.29) is 0 Å². The van der Waals surface area contributed by atoms with E-state index < -0.39 is 0 Å². The molecule has 14 heavy (non-hydrogen) atoms. The lowest BCUT2D eigenvalue weighted by atomic mass is 10.3. The molecule has 0 spiro atoms. The second kappa shape index (κ2) is 2.74. The molecule has 1 heterocycles. The van der Waals surface area contributed by atoms with Gasteiger partial charge in [-0.05, 0) is 31.9 Å². The highest BCUT2D eigenvalue weighted by Gasteiger charge is 2.23. The zero-order valence-corrected chi connectivity index (χ0v) is 8.08. The Hall–Kier alpha value is -1.51. The average molecular weight is 188 g/mol. The highest BCUT2D eigenvalue weighted by molar-refractivity contribution is 5.76. The molecule has 0 aliphatic heterocycles. The maximum atomic E-state index is 5.69. The van der Waals surface area contributed by atoms with E-state index in [0.29, 0.717) is 6.10 Å². The van der Waals surface area contributed by atoms with Crippen LogP contribution in [-0.4, -0.2) is 16.1 Å². The first kappa shape index (κ1) is 7.85. The lowest BCUT2D eigenvalue weighted by molar-refractivity contribution is 0.303. The summed E-state index contributed by atoms with van der Waals surface area (Å²) in [5.41, 5.74) is 2.06. The van der Waals surface area contributed by atoms with E-state index in [1.54, 1.807) is 0 Å². The maximum absolute atomic E-state index is 5.69. The molecule has 1 fully saturated rings. The summed E-state index contributed by atoms with van der Waals surface area (Å²) in [6.45, 7) is 1.96. The number of ether oxygens (including phenoxy) is 1. The van der Waals surface area contributed by atoms with Crippen LogP contribution in [0.15, 0.2) is 18.2 Å². The van der Waals surface area contributed by atoms with Crippen molar-refractivity contribution in [2.75, 3.05) is 0 Å². The van der Waals surface area contributed by atoms with Crippen molar-refractivity contribution < 1.29 is 4.74 Å². The van der Waals surface area contributed by atoms with E-state index in [1.165, 1.54) is 12.8 Å². The Morgan fingerprint density at radius 3 is 3.07 bits per heavy atom. The smallest absolute Gasteiger partial charge is 0.121 e. The molecular weight excluding hydrogens is 176 g/mol. The Balaban J connectivity index is 2.00. The summed E-state index contributed by atoms with van der Waals surface area (Å²) in [6.07, 6.45) is 2.84. The van der Waals surface area contributed by atoms with E-state index in [9.17, 15) is 0 Å². The molecule has 1 aromatic carbocycles. The van der Waals surface area contributed by atoms with E-state index in [0.717, 1.165) is 22.6 Å². The number of nitrogens with zero attached hydrogens (tertiary/aromatic N) is 1. The van der Waals surface area contributed by atoms with Crippen molar-refractivity contribution in [3.63, 3.8) is 0 Å². The van der Waals surface area contributed by atoms with Crippen LogP contribution in [-0.2, 0) is 0 Å². The number of aryl methyl sites for hydroxylation is 1. The SMILES string of the molecule is Cc1nc2ccc(OC3CC3)cc2[nH]1. The topological polar surface area (TPSA) is 37.9 Å². The third kappa shape index (κ3) is 1.35. The quantitative estimate of drug-likeness (QED) is 0.785. The Kier molecular flexibility index (Phi) is 1.54. The van der Waals surface area contributed by atoms with Gasteiger partial charge in [-0.25, -0.2) is 4.98 Å². The van der Waals surface area contributed by atoms with E-state index >= 15 is 0 Å². The summed E-state index contributed by atoms with van der Waals surface area (Å²) >= 11 is 0. The number of rotatable bonds is 2. The Morgan fingerprint density at radius 2 is 2.29 bits per heavy atom. The molecule has 0 radical (unpaired) electrons. The van der Waals surface area contributed by atoms with Crippen molar-refractivity contribution in [1.29, 1.82) is 0 Å². The fourth-order valence-electron chi connectivity index (χ4n) is 1.57. The molecule has 2 aromatic rings. The van der Waals surface area contributed by atoms with Crippen molar-refractivity contribution >= 4 is 11.0 Å². The van der Waals surface area contributed by atoms with Gasteiger partial charge in [0.2, 0.25) is 0 Å². The van der Waals surface area contributed by atoms with Crippen LogP contribution in [0.4, 0.5) is 0 Å². The molecule has 3 rings (SSSR count). The fraction of sp³-hybridized carbons (Fsp3) is 0.364. The van der Waals surface area contributed by atoms with Crippen LogP contribution in [0.3, 0.4) is 0 Å². The molecule has 3 heteroatoms. The normalized spacial score (nSPS) is 16.1. The van der Waals surface area contributed by atoms with E-state index in [4.69, 9.17) is 4.74 Å². The van der Waals surface area contributed by atoms with Gasteiger partial charge in [-0.3, -0.25) is 0 Å². The molecule has 1 aliphatic rings. The van der Waals surface area contributed by atoms with E-state index in [1.807, 2.05) is 25.1 Å². The molecule has 0 amide bonds. The first-order valence-corrected chi connectivity index (χ1v) is 4.94. The lowest BCUT2D eigenvalue weighted by Crippen LogP contribution is -1.94. The molecule has 72 valence electrons. The minimum absolute atomic E-state index is 0.455. The van der Waals surface area contributed by atoms with Gasteiger partial charge in [-0.2, -0.15) is 0 Å². The Morgan fingerprint density at radius 1 is 1.43 bits per heavy atom. The van der Waals surface area contributed by atoms with Gasteiger partial charge in [0.15, 0.2) is 0 Å². The highest BCUT2D eigenvalue weighted by Crippen LogP contribution is 2.28. The number of fused-ring (bicyclic) bond motifs is 1. The van der Waals surface area contributed by atoms with Gasteiger partial charge in [0, 0.05) is 6.07 Å². The monoisotopic (exact) mass is 188 g/mol. The third-order valence-corrected chi connectivity index (χ3v) is 2.40. The number of aromatic amines is 1. The van der Waals surface area contributed by atoms with Gasteiger partial charge in [-0.1, -0.05) is 0 Å². The summed E-state index contributed by atoms with van der Waals surface area (Å²) < 4.78 is 5.69. The van der Waals surface area contributed by atoms with Gasteiger partial charge >= 0.3 is 0 Å². The van der Waals surface area contributed by atoms with Crippen molar-refractivity contribution in [1.82, 2.24) is 9.97 Å². The minimum atomic E-state index is 0.455. The summed E-state index contributed by atoms with van der Waals surface area (Å²) in [6, 6.07) is 6.01. The molecule has 1 N–H and O–H groups in total. The lowest BCUT2D eigenvalue weighted by Gasteiger charge is -2.02. The number of imidazole rings is 1. The average Bonchev–Trinajstić information content (AvgIpc) is 2.86. The van der Waals surface area contributed by atoms with Gasteiger partial charge in [-0.15, -0.1) is 0 Å². The largest absolute Gasteiger partial charge is 0.490 e. The van der Waals surface area contributed by atoms with Crippen molar-refractivity contribution in [3.05, 3.63) is 24.0 Å². The van der Waals surface area contributed by atoms with Crippen LogP contribution in [0, 0.1) is 6.92 Å². The summed E-state index contributed by atoms with van der Waals surface area (Å²) in [4.78, 5) is 7.54. The van der Waals surface area contributed by atoms with Crippen molar-refractivity contribution in [2.45, 2.75) is 25.9 Å². The zero-order valence-electron chi connectivity index (χ0n) is 8.08. The van der Waals surface area contributed by atoms with Crippen molar-refractivity contribution in [2.24, 2.45) is 0 Å². The van der Waals surface area contributed by atoms with E-state index in [2.05, 4.69) is 9.97 Å². The molecule has 1 saturated carbocycles.